The molecule has 15 heavy (non-hydrogen) atoms. The molecule has 0 saturated carbocycles. The van der Waals surface area contributed by atoms with Gasteiger partial charge in [-0.05, 0) is 25.2 Å². The van der Waals surface area contributed by atoms with Crippen molar-refractivity contribution in [3.05, 3.63) is 37.0 Å². The normalized spacial score (nSPS) is 8.87. The molecular weight excluding hydrogens is 220 g/mol. The number of allylic oxidation sites excluding steroid dienone is 5. The van der Waals surface area contributed by atoms with Crippen molar-refractivity contribution < 1.29 is 0 Å². The fourth-order valence-corrected chi connectivity index (χ4v) is 0.884. The van der Waals surface area contributed by atoms with Gasteiger partial charge in [-0.15, -0.1) is 5.92 Å². The first kappa shape index (κ1) is 13.5. The van der Waals surface area contributed by atoms with Crippen molar-refractivity contribution in [1.82, 2.24) is 0 Å². The molecule has 0 aromatic heterocycles. The maximum Gasteiger partial charge on any atom is 0.0879 e. The van der Waals surface area contributed by atoms with Gasteiger partial charge < -0.3 is 0 Å². The first-order chi connectivity index (χ1) is 7.20. The predicted molar refractivity (Wildman–Crippen MR) is 74.9 cm³/mol. The van der Waals surface area contributed by atoms with Crippen LogP contribution >= 0.6 is 24.4 Å². The van der Waals surface area contributed by atoms with Crippen LogP contribution in [0.5, 0.6) is 0 Å². The van der Waals surface area contributed by atoms with Crippen LogP contribution in [0.1, 0.15) is 6.92 Å². The van der Waals surface area contributed by atoms with Crippen molar-refractivity contribution in [3.8, 4) is 23.7 Å². The van der Waals surface area contributed by atoms with Gasteiger partial charge in [0.05, 0.1) is 9.73 Å². The topological polar surface area (TPSA) is 0 Å². The van der Waals surface area contributed by atoms with Crippen molar-refractivity contribution in [2.24, 2.45) is 0 Å². The zero-order valence-electron chi connectivity index (χ0n) is 8.41. The van der Waals surface area contributed by atoms with Crippen LogP contribution in [0, 0.1) is 23.7 Å². The summed E-state index contributed by atoms with van der Waals surface area (Å²) in [6.07, 6.45) is 8.43. The molecular formula is C13H10S2. The summed E-state index contributed by atoms with van der Waals surface area (Å²) in [6, 6.07) is 0. The zero-order chi connectivity index (χ0) is 11.5. The molecule has 0 spiro atoms. The molecule has 0 amide bonds. The summed E-state index contributed by atoms with van der Waals surface area (Å²) in [6.45, 7) is 5.26. The van der Waals surface area contributed by atoms with Crippen molar-refractivity contribution in [1.29, 1.82) is 0 Å². The van der Waals surface area contributed by atoms with E-state index in [9.17, 15) is 0 Å². The van der Waals surface area contributed by atoms with Crippen molar-refractivity contribution in [2.45, 2.75) is 6.92 Å². The van der Waals surface area contributed by atoms with Crippen LogP contribution in [0.15, 0.2) is 37.0 Å². The highest BCUT2D eigenvalue weighted by Crippen LogP contribution is 1.84. The third kappa shape index (κ3) is 8.84. The lowest BCUT2D eigenvalue weighted by Gasteiger charge is -1.82. The molecule has 0 heterocycles. The Morgan fingerprint density at radius 3 is 2.27 bits per heavy atom. The number of rotatable bonds is 3. The van der Waals surface area contributed by atoms with E-state index in [1.54, 1.807) is 37.3 Å². The van der Waals surface area contributed by atoms with E-state index >= 15 is 0 Å². The first-order valence-electron chi connectivity index (χ1n) is 4.18. The first-order valence-corrected chi connectivity index (χ1v) is 5.00. The van der Waals surface area contributed by atoms with E-state index in [0.717, 1.165) is 0 Å². The summed E-state index contributed by atoms with van der Waals surface area (Å²) in [7, 11) is 0. The Morgan fingerprint density at radius 2 is 1.73 bits per heavy atom. The molecule has 0 aliphatic rings. The summed E-state index contributed by atoms with van der Waals surface area (Å²) >= 11 is 9.91. The molecule has 0 atom stereocenters. The standard InChI is InChI=1S/C13H10S2/c1-3-5-6-7-9-13(15)11-10-12(14)8-4-2/h3,5-6,10-11H,1H2,2H3. The Bertz CT molecular complexity index is 429. The number of thiocarbonyl (C=S) groups is 2. The molecule has 74 valence electrons. The van der Waals surface area contributed by atoms with Crippen LogP contribution in [0.4, 0.5) is 0 Å². The summed E-state index contributed by atoms with van der Waals surface area (Å²) in [5.41, 5.74) is 0. The second-order valence-electron chi connectivity index (χ2n) is 2.30. The lowest BCUT2D eigenvalue weighted by Crippen LogP contribution is -1.86. The Kier molecular flexibility index (Phi) is 8.19. The molecule has 2 heteroatoms. The molecule has 0 N–H and O–H groups in total. The maximum absolute atomic E-state index is 4.98. The minimum absolute atomic E-state index is 0.531. The lowest BCUT2D eigenvalue weighted by molar-refractivity contribution is 1.93. The van der Waals surface area contributed by atoms with E-state index in [2.05, 4.69) is 30.3 Å². The lowest BCUT2D eigenvalue weighted by atomic mass is 10.3. The van der Waals surface area contributed by atoms with Crippen molar-refractivity contribution >= 4 is 34.2 Å². The van der Waals surface area contributed by atoms with Crippen LogP contribution in [-0.4, -0.2) is 9.73 Å². The van der Waals surface area contributed by atoms with Gasteiger partial charge in [-0.2, -0.15) is 0 Å². The molecule has 0 aliphatic carbocycles. The van der Waals surface area contributed by atoms with E-state index in [1.165, 1.54) is 0 Å². The number of hydrogen-bond donors (Lipinski definition) is 0. The third-order valence-electron chi connectivity index (χ3n) is 1.15. The highest BCUT2D eigenvalue weighted by atomic mass is 32.1. The Labute approximate surface area is 102 Å². The Morgan fingerprint density at radius 1 is 1.13 bits per heavy atom. The molecule has 0 unspecified atom stereocenters. The van der Waals surface area contributed by atoms with Gasteiger partial charge in [-0.1, -0.05) is 60.9 Å². The average Bonchev–Trinajstić information content (AvgIpc) is 2.22. The summed E-state index contributed by atoms with van der Waals surface area (Å²) in [5.74, 6) is 11.0. The van der Waals surface area contributed by atoms with Crippen molar-refractivity contribution in [2.75, 3.05) is 0 Å². The van der Waals surface area contributed by atoms with E-state index in [1.807, 2.05) is 0 Å². The second-order valence-corrected chi connectivity index (χ2v) is 3.18. The minimum Gasteiger partial charge on any atom is -0.100 e. The predicted octanol–water partition coefficient (Wildman–Crippen LogP) is 3.05. The molecule has 0 aromatic carbocycles. The van der Waals surface area contributed by atoms with E-state index in [0.29, 0.717) is 9.73 Å². The van der Waals surface area contributed by atoms with Gasteiger partial charge in [0.25, 0.3) is 0 Å². The van der Waals surface area contributed by atoms with E-state index in [-0.39, 0.29) is 0 Å². The number of hydrogen-bond acceptors (Lipinski definition) is 2. The molecule has 0 radical (unpaired) electrons. The summed E-state index contributed by atoms with van der Waals surface area (Å²) in [4.78, 5) is 1.09. The minimum atomic E-state index is 0.531. The molecule has 0 nitrogen and oxygen atoms in total. The van der Waals surface area contributed by atoms with Crippen LogP contribution < -0.4 is 0 Å². The van der Waals surface area contributed by atoms with Gasteiger partial charge in [0.2, 0.25) is 0 Å². The van der Waals surface area contributed by atoms with E-state index in [4.69, 9.17) is 24.4 Å². The van der Waals surface area contributed by atoms with Crippen LogP contribution in [-0.2, 0) is 0 Å². The largest absolute Gasteiger partial charge is 0.100 e. The van der Waals surface area contributed by atoms with E-state index < -0.39 is 0 Å². The van der Waals surface area contributed by atoms with Gasteiger partial charge in [0.1, 0.15) is 0 Å². The van der Waals surface area contributed by atoms with Gasteiger partial charge in [-0.3, -0.25) is 0 Å². The average molecular weight is 230 g/mol. The van der Waals surface area contributed by atoms with Gasteiger partial charge in [0.15, 0.2) is 0 Å². The second kappa shape index (κ2) is 9.09. The van der Waals surface area contributed by atoms with Crippen LogP contribution in [0.2, 0.25) is 0 Å². The quantitative estimate of drug-likeness (QED) is 0.316. The van der Waals surface area contributed by atoms with Gasteiger partial charge in [0, 0.05) is 0 Å². The molecule has 0 fully saturated rings. The SMILES string of the molecule is C=CC=CC#CC(=S)C=CC(=S)C#CC. The highest BCUT2D eigenvalue weighted by molar-refractivity contribution is 7.81. The Balaban J connectivity index is 4.28. The summed E-state index contributed by atoms with van der Waals surface area (Å²) < 4.78 is 0. The molecule has 0 rings (SSSR count). The zero-order valence-corrected chi connectivity index (χ0v) is 10.0. The fraction of sp³-hybridized carbons (Fsp3) is 0.0769. The smallest absolute Gasteiger partial charge is 0.0879 e. The van der Waals surface area contributed by atoms with Crippen LogP contribution in [0.3, 0.4) is 0 Å². The maximum atomic E-state index is 4.98. The monoisotopic (exact) mass is 230 g/mol. The van der Waals surface area contributed by atoms with Gasteiger partial charge >= 0.3 is 0 Å². The van der Waals surface area contributed by atoms with Gasteiger partial charge in [-0.25, -0.2) is 0 Å². The molecule has 0 aromatic rings. The summed E-state index contributed by atoms with van der Waals surface area (Å²) in [5, 5.41) is 0. The third-order valence-corrected chi connectivity index (χ3v) is 1.62. The highest BCUT2D eigenvalue weighted by Gasteiger charge is 1.84. The van der Waals surface area contributed by atoms with Crippen molar-refractivity contribution in [3.63, 3.8) is 0 Å². The molecule has 0 bridgehead atoms. The molecule has 0 aliphatic heterocycles. The molecule has 0 saturated heterocycles. The van der Waals surface area contributed by atoms with Crippen LogP contribution in [0.25, 0.3) is 0 Å². The fourth-order valence-electron chi connectivity index (χ4n) is 0.587. The Hall–Kier alpha value is -1.48.